The Morgan fingerprint density at radius 1 is 1.22 bits per heavy atom. The van der Waals surface area contributed by atoms with E-state index in [1.54, 1.807) is 12.1 Å². The van der Waals surface area contributed by atoms with Crippen molar-refractivity contribution in [1.82, 2.24) is 0 Å². The summed E-state index contributed by atoms with van der Waals surface area (Å²) in [7, 11) is -4.50. The minimum Gasteiger partial charge on any atom is -0.521 e. The molecule has 5 nitrogen and oxygen atoms in total. The molecule has 3 N–H and O–H groups in total. The zero-order valence-corrected chi connectivity index (χ0v) is 14.2. The molecule has 1 aromatic rings. The summed E-state index contributed by atoms with van der Waals surface area (Å²) in [5, 5.41) is 0. The average Bonchev–Trinajstić information content (AvgIpc) is 2.20. The second kappa shape index (κ2) is 6.72. The van der Waals surface area contributed by atoms with Crippen LogP contribution in [0.25, 0.3) is 0 Å². The first-order valence-electron chi connectivity index (χ1n) is 5.40. The molecule has 102 valence electrons. The highest BCUT2D eigenvalue weighted by Crippen LogP contribution is 2.42. The van der Waals surface area contributed by atoms with Crippen LogP contribution in [0.3, 0.4) is 0 Å². The van der Waals surface area contributed by atoms with Crippen LogP contribution in [0.15, 0.2) is 18.2 Å². The Hall–Kier alpha value is -0.338. The largest absolute Gasteiger partial charge is 0.524 e. The molecular weight excluding hydrogens is 270 g/mol. The number of rotatable bonds is 2. The van der Waals surface area contributed by atoms with Crippen LogP contribution >= 0.6 is 7.82 Å². The molecule has 0 aliphatic heterocycles. The smallest absolute Gasteiger partial charge is 0.521 e. The minimum atomic E-state index is -4.50. The van der Waals surface area contributed by atoms with Gasteiger partial charge in [0.2, 0.25) is 0 Å². The summed E-state index contributed by atoms with van der Waals surface area (Å²) in [6, 6.07) is 5.24. The van der Waals surface area contributed by atoms with Gasteiger partial charge < -0.3 is 8.68 Å². The Labute approximate surface area is 116 Å². The first kappa shape index (κ1) is 17.7. The quantitative estimate of drug-likeness (QED) is 0.564. The van der Waals surface area contributed by atoms with Crippen LogP contribution < -0.4 is 4.52 Å². The molecule has 1 rings (SSSR count). The molecule has 1 aromatic carbocycles. The third kappa shape index (κ3) is 6.01. The minimum absolute atomic E-state index is 0.226. The van der Waals surface area contributed by atoms with Gasteiger partial charge >= 0.3 is 24.4 Å². The van der Waals surface area contributed by atoms with Crippen molar-refractivity contribution in [3.63, 3.8) is 0 Å². The number of benzene rings is 1. The van der Waals surface area contributed by atoms with Gasteiger partial charge in [0.25, 0.3) is 0 Å². The van der Waals surface area contributed by atoms with Crippen LogP contribution in [0.2, 0.25) is 0 Å². The van der Waals surface area contributed by atoms with E-state index in [4.69, 9.17) is 13.9 Å². The van der Waals surface area contributed by atoms with Crippen LogP contribution in [-0.2, 0) is 9.98 Å². The van der Waals surface area contributed by atoms with Crippen molar-refractivity contribution in [1.29, 1.82) is 0 Å². The fraction of sp³-hybridized carbons (Fsp3) is 0.455. The summed E-state index contributed by atoms with van der Waals surface area (Å²) in [6.45, 7) is 7.83. The Kier molecular flexibility index (Phi) is 6.59. The molecule has 0 aliphatic rings. The SMILES string of the molecule is Cc1ccc(OP(=O)(O)O)c(C(C)(C)C)c1.[OH][AlH2]. The van der Waals surface area contributed by atoms with Gasteiger partial charge in [-0.3, -0.25) is 9.79 Å². The van der Waals surface area contributed by atoms with Gasteiger partial charge in [-0.2, -0.15) is 0 Å². The van der Waals surface area contributed by atoms with Crippen molar-refractivity contribution >= 4 is 24.4 Å². The van der Waals surface area contributed by atoms with Crippen molar-refractivity contribution in [2.24, 2.45) is 0 Å². The van der Waals surface area contributed by atoms with E-state index in [9.17, 15) is 4.57 Å². The van der Waals surface area contributed by atoms with Crippen LogP contribution in [0.4, 0.5) is 0 Å². The third-order valence-corrected chi connectivity index (χ3v) is 2.59. The van der Waals surface area contributed by atoms with E-state index in [-0.39, 0.29) is 11.2 Å². The molecule has 0 heterocycles. The molecule has 0 amide bonds. The topological polar surface area (TPSA) is 87.0 Å². The van der Waals surface area contributed by atoms with E-state index < -0.39 is 7.82 Å². The fourth-order valence-electron chi connectivity index (χ4n) is 1.44. The Bertz CT molecular complexity index is 436. The van der Waals surface area contributed by atoms with Gasteiger partial charge in [-0.15, -0.1) is 0 Å². The lowest BCUT2D eigenvalue weighted by atomic mass is 9.85. The van der Waals surface area contributed by atoms with E-state index in [1.165, 1.54) is 0 Å². The summed E-state index contributed by atoms with van der Waals surface area (Å²) in [5.41, 5.74) is 1.59. The maximum absolute atomic E-state index is 10.8. The van der Waals surface area contributed by atoms with Crippen molar-refractivity contribution in [2.45, 2.75) is 33.1 Å². The lowest BCUT2D eigenvalue weighted by molar-refractivity contribution is 0.281. The number of aryl methyl sites for hydroxylation is 1. The zero-order valence-electron chi connectivity index (χ0n) is 11.3. The first-order valence-corrected chi connectivity index (χ1v) is 7.83. The summed E-state index contributed by atoms with van der Waals surface area (Å²) in [5.74, 6) is 0.242. The number of hydrogen-bond acceptors (Lipinski definition) is 3. The second-order valence-corrected chi connectivity index (χ2v) is 6.00. The predicted octanol–water partition coefficient (Wildman–Crippen LogP) is 1.29. The van der Waals surface area contributed by atoms with Crippen molar-refractivity contribution in [2.75, 3.05) is 0 Å². The maximum atomic E-state index is 10.8. The van der Waals surface area contributed by atoms with Gasteiger partial charge in [0.1, 0.15) is 5.75 Å². The lowest BCUT2D eigenvalue weighted by Gasteiger charge is -2.23. The normalized spacial score (nSPS) is 11.5. The Morgan fingerprint density at radius 3 is 2.11 bits per heavy atom. The molecule has 0 radical (unpaired) electrons. The molecule has 0 fully saturated rings. The third-order valence-electron chi connectivity index (χ3n) is 2.16. The highest BCUT2D eigenvalue weighted by atomic mass is 31.2. The molecule has 0 atom stereocenters. The van der Waals surface area contributed by atoms with Crippen LogP contribution in [0.5, 0.6) is 5.75 Å². The van der Waals surface area contributed by atoms with Gasteiger partial charge in [0.05, 0.1) is 0 Å². The van der Waals surface area contributed by atoms with E-state index >= 15 is 0 Å². The Morgan fingerprint density at radius 2 is 1.72 bits per heavy atom. The second-order valence-electron chi connectivity index (χ2n) is 4.83. The predicted molar refractivity (Wildman–Crippen MR) is 73.3 cm³/mol. The standard InChI is InChI=1S/C11H17O4P.Al.H2O.2H/c1-8-5-6-10(15-16(12,13)14)9(7-8)11(2,3)4;;;;/h5-7H,1-4H3,(H2,12,13,14);;1H2;;/q;+1;;;/p-1. The summed E-state index contributed by atoms with van der Waals surface area (Å²) >= 11 is 0.306. The lowest BCUT2D eigenvalue weighted by Crippen LogP contribution is -2.13. The van der Waals surface area contributed by atoms with Crippen LogP contribution in [-0.4, -0.2) is 30.6 Å². The molecule has 0 saturated carbocycles. The molecule has 0 spiro atoms. The molecule has 0 saturated heterocycles. The summed E-state index contributed by atoms with van der Waals surface area (Å²) in [6.07, 6.45) is 0. The zero-order chi connectivity index (χ0) is 14.6. The Balaban J connectivity index is 0.00000137. The number of phosphoric ester groups is 1. The van der Waals surface area contributed by atoms with Gasteiger partial charge in [-0.25, -0.2) is 4.57 Å². The van der Waals surface area contributed by atoms with Gasteiger partial charge in [0.15, 0.2) is 0 Å². The molecule has 18 heavy (non-hydrogen) atoms. The molecule has 0 bridgehead atoms. The average molecular weight is 290 g/mol. The monoisotopic (exact) mass is 290 g/mol. The molecular formula is C11H20AlO5P. The van der Waals surface area contributed by atoms with Crippen LogP contribution in [0.1, 0.15) is 31.9 Å². The van der Waals surface area contributed by atoms with E-state index in [0.29, 0.717) is 16.6 Å². The molecule has 0 aliphatic carbocycles. The summed E-state index contributed by atoms with van der Waals surface area (Å²) in [4.78, 5) is 17.6. The van der Waals surface area contributed by atoms with E-state index in [1.807, 2.05) is 33.8 Å². The first-order chi connectivity index (χ1) is 8.09. The van der Waals surface area contributed by atoms with Gasteiger partial charge in [-0.1, -0.05) is 38.5 Å². The van der Waals surface area contributed by atoms with E-state index in [0.717, 1.165) is 11.1 Å². The number of phosphoric acid groups is 1. The van der Waals surface area contributed by atoms with Gasteiger partial charge in [0, 0.05) is 5.56 Å². The molecule has 0 aromatic heterocycles. The highest BCUT2D eigenvalue weighted by molar-refractivity contribution is 7.46. The van der Waals surface area contributed by atoms with Crippen LogP contribution in [0, 0.1) is 6.92 Å². The van der Waals surface area contributed by atoms with E-state index in [2.05, 4.69) is 4.52 Å². The molecule has 7 heteroatoms. The maximum Gasteiger partial charge on any atom is 0.524 e. The van der Waals surface area contributed by atoms with Crippen molar-refractivity contribution in [3.8, 4) is 5.75 Å². The summed E-state index contributed by atoms with van der Waals surface area (Å²) < 4.78 is 22.7. The number of hydrogen-bond donors (Lipinski definition) is 3. The van der Waals surface area contributed by atoms with Gasteiger partial charge in [-0.05, 0) is 18.4 Å². The molecule has 0 unspecified atom stereocenters. The van der Waals surface area contributed by atoms with Crippen molar-refractivity contribution < 1.29 is 23.0 Å². The fourth-order valence-corrected chi connectivity index (χ4v) is 1.85. The van der Waals surface area contributed by atoms with Crippen molar-refractivity contribution in [3.05, 3.63) is 29.3 Å². The highest BCUT2D eigenvalue weighted by Gasteiger charge is 2.24.